The van der Waals surface area contributed by atoms with Gasteiger partial charge in [0.2, 0.25) is 0 Å². The molecule has 2 aromatic rings. The van der Waals surface area contributed by atoms with Gasteiger partial charge in [-0.15, -0.1) is 0 Å². The van der Waals surface area contributed by atoms with E-state index in [0.29, 0.717) is 28.1 Å². The minimum absolute atomic E-state index is 0.0206. The van der Waals surface area contributed by atoms with E-state index in [9.17, 15) is 9.59 Å². The van der Waals surface area contributed by atoms with Crippen LogP contribution in [0.2, 0.25) is 0 Å². The molecule has 27 heavy (non-hydrogen) atoms. The quantitative estimate of drug-likeness (QED) is 0.678. The topological polar surface area (TPSA) is 51.1 Å². The third-order valence-corrected chi connectivity index (χ3v) is 6.34. The Hall–Kier alpha value is -1.88. The molecule has 0 radical (unpaired) electrons. The number of unbranched alkanes of at least 4 members (excludes halogenated alkanes) is 1. The van der Waals surface area contributed by atoms with Gasteiger partial charge in [0.1, 0.15) is 0 Å². The third kappa shape index (κ3) is 4.18. The van der Waals surface area contributed by atoms with Crippen molar-refractivity contribution in [2.45, 2.75) is 59.0 Å². The van der Waals surface area contributed by atoms with Crippen LogP contribution in [-0.2, 0) is 6.54 Å². The highest BCUT2D eigenvalue weighted by molar-refractivity contribution is 9.10. The normalized spacial score (nSPS) is 14.8. The first-order chi connectivity index (χ1) is 13.0. The fraction of sp³-hybridized carbons (Fsp3) is 0.455. The van der Waals surface area contributed by atoms with Crippen LogP contribution in [0.25, 0.3) is 0 Å². The Morgan fingerprint density at radius 3 is 2.52 bits per heavy atom. The maximum Gasteiger partial charge on any atom is 0.265 e. The summed E-state index contributed by atoms with van der Waals surface area (Å²) in [4.78, 5) is 25.9. The van der Waals surface area contributed by atoms with Crippen molar-refractivity contribution in [3.8, 4) is 0 Å². The van der Waals surface area contributed by atoms with Gasteiger partial charge in [-0.05, 0) is 66.1 Å². The van der Waals surface area contributed by atoms with Crippen LogP contribution >= 0.6 is 15.9 Å². The zero-order valence-electron chi connectivity index (χ0n) is 16.2. The smallest absolute Gasteiger partial charge is 0.265 e. The lowest BCUT2D eigenvalue weighted by atomic mass is 10.0. The number of carbonyl (C=O) groups excluding carboxylic acids is 1. The first-order valence-corrected chi connectivity index (χ1v) is 10.5. The number of amides is 1. The number of carbonyl (C=O) groups is 1. The molecule has 4 nitrogen and oxygen atoms in total. The Bertz CT molecular complexity index is 885. The average molecular weight is 431 g/mol. The number of aromatic nitrogens is 1. The van der Waals surface area contributed by atoms with Crippen molar-refractivity contribution in [2.24, 2.45) is 5.92 Å². The van der Waals surface area contributed by atoms with Crippen molar-refractivity contribution in [1.82, 2.24) is 9.88 Å². The highest BCUT2D eigenvalue weighted by atomic mass is 79.9. The summed E-state index contributed by atoms with van der Waals surface area (Å²) in [6.45, 7) is 6.44. The number of hydrogen-bond acceptors (Lipinski definition) is 2. The number of nitrogens with one attached hydrogen (secondary N) is 1. The van der Waals surface area contributed by atoms with E-state index in [2.05, 4.69) is 40.3 Å². The van der Waals surface area contributed by atoms with E-state index in [0.717, 1.165) is 36.9 Å². The number of rotatable bonds is 7. The second kappa shape index (κ2) is 8.42. The van der Waals surface area contributed by atoms with Gasteiger partial charge in [-0.25, -0.2) is 0 Å². The van der Waals surface area contributed by atoms with Crippen molar-refractivity contribution in [2.75, 3.05) is 0 Å². The zero-order valence-corrected chi connectivity index (χ0v) is 17.8. The average Bonchev–Trinajstić information content (AvgIpc) is 3.50. The Labute approximate surface area is 169 Å². The lowest BCUT2D eigenvalue weighted by Gasteiger charge is -2.22. The Balaban J connectivity index is 1.96. The van der Waals surface area contributed by atoms with Crippen LogP contribution in [0, 0.1) is 19.8 Å². The summed E-state index contributed by atoms with van der Waals surface area (Å²) in [5.74, 6) is 0.392. The minimum Gasteiger partial charge on any atom is -0.345 e. The van der Waals surface area contributed by atoms with Crippen molar-refractivity contribution in [3.05, 3.63) is 67.5 Å². The second-order valence-corrected chi connectivity index (χ2v) is 8.20. The first-order valence-electron chi connectivity index (χ1n) is 9.71. The molecule has 1 fully saturated rings. The molecule has 0 saturated heterocycles. The number of pyridine rings is 1. The molecule has 1 aliphatic carbocycles. The Morgan fingerprint density at radius 1 is 1.26 bits per heavy atom. The molecular formula is C22H27BrN2O2. The van der Waals surface area contributed by atoms with Crippen molar-refractivity contribution < 1.29 is 4.79 Å². The maximum absolute atomic E-state index is 13.2. The molecule has 1 aromatic heterocycles. The molecule has 1 aromatic carbocycles. The fourth-order valence-electron chi connectivity index (χ4n) is 3.64. The van der Waals surface area contributed by atoms with Gasteiger partial charge in [0, 0.05) is 12.2 Å². The van der Waals surface area contributed by atoms with Crippen molar-refractivity contribution >= 4 is 21.8 Å². The van der Waals surface area contributed by atoms with Gasteiger partial charge in [0.05, 0.1) is 16.1 Å². The predicted octanol–water partition coefficient (Wildman–Crippen LogP) is 4.91. The molecule has 0 spiro atoms. The van der Waals surface area contributed by atoms with Gasteiger partial charge in [-0.2, -0.15) is 0 Å². The summed E-state index contributed by atoms with van der Waals surface area (Å²) >= 11 is 3.41. The van der Waals surface area contributed by atoms with Crippen LogP contribution in [0.4, 0.5) is 0 Å². The van der Waals surface area contributed by atoms with E-state index >= 15 is 0 Å². The Morgan fingerprint density at radius 2 is 1.93 bits per heavy atom. The molecule has 0 aliphatic heterocycles. The molecule has 3 rings (SSSR count). The first kappa shape index (κ1) is 19.9. The molecule has 1 heterocycles. The lowest BCUT2D eigenvalue weighted by molar-refractivity contribution is 0.0929. The highest BCUT2D eigenvalue weighted by Gasteiger charge is 2.34. The van der Waals surface area contributed by atoms with E-state index in [-0.39, 0.29) is 17.5 Å². The molecule has 1 aliphatic rings. The summed E-state index contributed by atoms with van der Waals surface area (Å²) in [5.41, 5.74) is 3.15. The molecule has 144 valence electrons. The summed E-state index contributed by atoms with van der Waals surface area (Å²) in [6.07, 6.45) is 4.18. The van der Waals surface area contributed by atoms with Gasteiger partial charge < -0.3 is 9.88 Å². The van der Waals surface area contributed by atoms with E-state index in [1.165, 1.54) is 0 Å². The summed E-state index contributed by atoms with van der Waals surface area (Å²) < 4.78 is 2.21. The molecule has 0 unspecified atom stereocenters. The molecule has 1 atom stereocenters. The molecule has 0 bridgehead atoms. The van der Waals surface area contributed by atoms with Crippen LogP contribution in [0.5, 0.6) is 0 Å². The molecule has 1 amide bonds. The molecule has 5 heteroatoms. The van der Waals surface area contributed by atoms with Gasteiger partial charge in [-0.3, -0.25) is 9.59 Å². The van der Waals surface area contributed by atoms with Gasteiger partial charge >= 0.3 is 0 Å². The molecule has 1 saturated carbocycles. The Kier molecular flexibility index (Phi) is 6.20. The highest BCUT2D eigenvalue weighted by Crippen LogP contribution is 2.41. The standard InChI is InChI=1S/C22H27BrN2O2/c1-4-5-13-25-15(3)18(14(2)19(23)22(25)27)21(26)24-20(17-11-12-17)16-9-7-6-8-10-16/h6-10,17,20H,4-5,11-13H2,1-3H3,(H,24,26)/t20-/m1/s1. The summed E-state index contributed by atoms with van der Waals surface area (Å²) in [7, 11) is 0. The number of halogens is 1. The van der Waals surface area contributed by atoms with E-state index in [4.69, 9.17) is 0 Å². The number of hydrogen-bond donors (Lipinski definition) is 1. The van der Waals surface area contributed by atoms with Crippen LogP contribution in [-0.4, -0.2) is 10.5 Å². The van der Waals surface area contributed by atoms with Crippen molar-refractivity contribution in [1.29, 1.82) is 0 Å². The van der Waals surface area contributed by atoms with Crippen LogP contribution in [0.1, 0.15) is 65.8 Å². The molecular weight excluding hydrogens is 404 g/mol. The van der Waals surface area contributed by atoms with Gasteiger partial charge in [0.15, 0.2) is 0 Å². The fourth-order valence-corrected chi connectivity index (χ4v) is 4.06. The second-order valence-electron chi connectivity index (χ2n) is 7.41. The van der Waals surface area contributed by atoms with E-state index in [1.54, 1.807) is 4.57 Å². The monoisotopic (exact) mass is 430 g/mol. The lowest BCUT2D eigenvalue weighted by Crippen LogP contribution is -2.34. The number of benzene rings is 1. The third-order valence-electron chi connectivity index (χ3n) is 5.40. The maximum atomic E-state index is 13.2. The van der Waals surface area contributed by atoms with Crippen LogP contribution in [0.15, 0.2) is 39.6 Å². The van der Waals surface area contributed by atoms with E-state index < -0.39 is 0 Å². The van der Waals surface area contributed by atoms with Gasteiger partial charge in [-0.1, -0.05) is 43.7 Å². The van der Waals surface area contributed by atoms with Crippen LogP contribution in [0.3, 0.4) is 0 Å². The minimum atomic E-state index is -0.100. The van der Waals surface area contributed by atoms with Crippen LogP contribution < -0.4 is 10.9 Å². The van der Waals surface area contributed by atoms with E-state index in [1.807, 2.05) is 32.0 Å². The largest absolute Gasteiger partial charge is 0.345 e. The predicted molar refractivity (Wildman–Crippen MR) is 112 cm³/mol. The summed E-state index contributed by atoms with van der Waals surface area (Å²) in [5, 5.41) is 3.25. The molecule has 1 N–H and O–H groups in total. The number of nitrogens with zero attached hydrogens (tertiary/aromatic N) is 1. The van der Waals surface area contributed by atoms with Crippen molar-refractivity contribution in [3.63, 3.8) is 0 Å². The summed E-state index contributed by atoms with van der Waals surface area (Å²) in [6, 6.07) is 10.2. The SMILES string of the molecule is CCCCn1c(C)c(C(=O)N[C@H](c2ccccc2)C2CC2)c(C)c(Br)c1=O. The zero-order chi connectivity index (χ0) is 19.6. The van der Waals surface area contributed by atoms with Gasteiger partial charge in [0.25, 0.3) is 11.5 Å².